The van der Waals surface area contributed by atoms with Gasteiger partial charge < -0.3 is 0 Å². The van der Waals surface area contributed by atoms with E-state index >= 15 is 0 Å². The van der Waals surface area contributed by atoms with Crippen molar-refractivity contribution in [1.82, 2.24) is 4.90 Å². The highest BCUT2D eigenvalue weighted by Crippen LogP contribution is 2.48. The normalized spacial score (nSPS) is 38.6. The molecule has 0 N–H and O–H groups in total. The lowest BCUT2D eigenvalue weighted by molar-refractivity contribution is -0.0974. The van der Waals surface area contributed by atoms with Crippen molar-refractivity contribution in [3.8, 4) is 0 Å². The molecule has 0 aromatic rings. The summed E-state index contributed by atoms with van der Waals surface area (Å²) in [6.07, 6.45) is 5.69. The van der Waals surface area contributed by atoms with Gasteiger partial charge in [0.05, 0.1) is 0 Å². The molecule has 0 spiro atoms. The van der Waals surface area contributed by atoms with Crippen LogP contribution in [-0.4, -0.2) is 23.0 Å². The summed E-state index contributed by atoms with van der Waals surface area (Å²) in [7, 11) is 0. The zero-order valence-electron chi connectivity index (χ0n) is 11.1. The zero-order chi connectivity index (χ0) is 11.2. The number of rotatable bonds is 2. The third-order valence-corrected chi connectivity index (χ3v) is 4.83. The molecule has 0 amide bonds. The van der Waals surface area contributed by atoms with Gasteiger partial charge in [-0.1, -0.05) is 27.7 Å². The van der Waals surface area contributed by atoms with Crippen LogP contribution in [0, 0.1) is 11.3 Å². The summed E-state index contributed by atoms with van der Waals surface area (Å²) in [6.45, 7) is 12.0. The maximum atomic E-state index is 2.79. The van der Waals surface area contributed by atoms with E-state index in [2.05, 4.69) is 39.5 Å². The highest BCUT2D eigenvalue weighted by atomic mass is 15.3. The van der Waals surface area contributed by atoms with Crippen molar-refractivity contribution in [3.63, 3.8) is 0 Å². The lowest BCUT2D eigenvalue weighted by atomic mass is 9.64. The topological polar surface area (TPSA) is 3.24 Å². The Morgan fingerprint density at radius 1 is 1.13 bits per heavy atom. The maximum Gasteiger partial charge on any atom is 0.0119 e. The molecule has 1 saturated carbocycles. The molecular weight excluding hydrogens is 182 g/mol. The summed E-state index contributed by atoms with van der Waals surface area (Å²) in [6, 6.07) is 2.65. The van der Waals surface area contributed by atoms with Gasteiger partial charge in [-0.3, -0.25) is 4.90 Å². The molecule has 0 aromatic carbocycles. The van der Waals surface area contributed by atoms with Gasteiger partial charge in [-0.15, -0.1) is 0 Å². The van der Waals surface area contributed by atoms with Gasteiger partial charge in [0.2, 0.25) is 0 Å². The first-order valence-corrected chi connectivity index (χ1v) is 6.71. The maximum absolute atomic E-state index is 2.79. The van der Waals surface area contributed by atoms with Crippen molar-refractivity contribution in [3.05, 3.63) is 0 Å². The third-order valence-electron chi connectivity index (χ3n) is 4.83. The number of hydrogen-bond donors (Lipinski definition) is 0. The van der Waals surface area contributed by atoms with Gasteiger partial charge in [-0.2, -0.15) is 0 Å². The van der Waals surface area contributed by atoms with E-state index in [9.17, 15) is 0 Å². The number of hydrogen-bond acceptors (Lipinski definition) is 1. The number of piperidine rings is 1. The molecule has 2 heterocycles. The molecule has 3 fully saturated rings. The van der Waals surface area contributed by atoms with Crippen molar-refractivity contribution in [2.45, 2.75) is 78.4 Å². The van der Waals surface area contributed by atoms with E-state index in [1.807, 2.05) is 0 Å². The summed E-state index contributed by atoms with van der Waals surface area (Å²) in [4.78, 5) is 2.79. The van der Waals surface area contributed by atoms with Crippen LogP contribution in [0.3, 0.4) is 0 Å². The molecule has 88 valence electrons. The van der Waals surface area contributed by atoms with Crippen molar-refractivity contribution >= 4 is 0 Å². The second-order valence-electron chi connectivity index (χ2n) is 6.78. The van der Waals surface area contributed by atoms with Gasteiger partial charge >= 0.3 is 0 Å². The Morgan fingerprint density at radius 2 is 1.67 bits per heavy atom. The van der Waals surface area contributed by atoms with E-state index in [1.165, 1.54) is 25.7 Å². The van der Waals surface area contributed by atoms with E-state index in [4.69, 9.17) is 0 Å². The summed E-state index contributed by atoms with van der Waals surface area (Å²) < 4.78 is 0. The molecule has 0 aromatic heterocycles. The largest absolute Gasteiger partial charge is 0.295 e. The standard InChI is InChI=1S/C14H27N/c1-6-10(2)15-12-7-11(14(3,4)5)8-13(15)9-12/h10-13H,6-9H2,1-5H3. The fourth-order valence-electron chi connectivity index (χ4n) is 3.54. The molecule has 3 atom stereocenters. The Bertz CT molecular complexity index is 216. The van der Waals surface area contributed by atoms with E-state index < -0.39 is 0 Å². The summed E-state index contributed by atoms with van der Waals surface area (Å²) in [5.41, 5.74) is 0.526. The van der Waals surface area contributed by atoms with Crippen LogP contribution in [0.5, 0.6) is 0 Å². The average Bonchev–Trinajstić information content (AvgIpc) is 2.16. The number of fused-ring (bicyclic) bond motifs is 2. The highest BCUT2D eigenvalue weighted by Gasteiger charge is 2.48. The minimum atomic E-state index is 0.526. The van der Waals surface area contributed by atoms with Crippen LogP contribution in [0.4, 0.5) is 0 Å². The molecular formula is C14H27N. The first-order chi connectivity index (χ1) is 6.93. The van der Waals surface area contributed by atoms with Crippen molar-refractivity contribution < 1.29 is 0 Å². The predicted octanol–water partition coefficient (Wildman–Crippen LogP) is 3.68. The number of nitrogens with zero attached hydrogens (tertiary/aromatic N) is 1. The highest BCUT2D eigenvalue weighted by molar-refractivity contribution is 5.03. The molecule has 2 saturated heterocycles. The molecule has 15 heavy (non-hydrogen) atoms. The second kappa shape index (κ2) is 3.76. The van der Waals surface area contributed by atoms with E-state index in [0.29, 0.717) is 5.41 Å². The van der Waals surface area contributed by atoms with E-state index in [0.717, 1.165) is 24.0 Å². The first-order valence-electron chi connectivity index (χ1n) is 6.71. The van der Waals surface area contributed by atoms with Crippen LogP contribution >= 0.6 is 0 Å². The van der Waals surface area contributed by atoms with Gasteiger partial charge in [0.1, 0.15) is 0 Å². The fraction of sp³-hybridized carbons (Fsp3) is 1.00. The Morgan fingerprint density at radius 3 is 2.07 bits per heavy atom. The second-order valence-corrected chi connectivity index (χ2v) is 6.78. The van der Waals surface area contributed by atoms with Crippen molar-refractivity contribution in [2.24, 2.45) is 11.3 Å². The first kappa shape index (κ1) is 11.4. The quantitative estimate of drug-likeness (QED) is 0.670. The molecule has 1 aliphatic carbocycles. The lowest BCUT2D eigenvalue weighted by Gasteiger charge is -2.60. The zero-order valence-corrected chi connectivity index (χ0v) is 11.1. The summed E-state index contributed by atoms with van der Waals surface area (Å²) >= 11 is 0. The molecule has 2 bridgehead atoms. The molecule has 1 heteroatoms. The van der Waals surface area contributed by atoms with Gasteiger partial charge in [0.15, 0.2) is 0 Å². The molecule has 1 nitrogen and oxygen atoms in total. The lowest BCUT2D eigenvalue weighted by Crippen LogP contribution is -2.64. The Kier molecular flexibility index (Phi) is 2.87. The van der Waals surface area contributed by atoms with Crippen LogP contribution in [0.25, 0.3) is 0 Å². The van der Waals surface area contributed by atoms with E-state index in [1.54, 1.807) is 0 Å². The van der Waals surface area contributed by atoms with Crippen LogP contribution in [-0.2, 0) is 0 Å². The van der Waals surface area contributed by atoms with Crippen molar-refractivity contribution in [1.29, 1.82) is 0 Å². The van der Waals surface area contributed by atoms with Crippen LogP contribution in [0.2, 0.25) is 0 Å². The SMILES string of the molecule is CCC(C)N1C2CC1CC(C(C)(C)C)C2. The average molecular weight is 209 g/mol. The Hall–Kier alpha value is -0.0400. The minimum absolute atomic E-state index is 0.526. The smallest absolute Gasteiger partial charge is 0.0119 e. The molecule has 0 radical (unpaired) electrons. The van der Waals surface area contributed by atoms with Crippen molar-refractivity contribution in [2.75, 3.05) is 0 Å². The Labute approximate surface area is 95.2 Å². The summed E-state index contributed by atoms with van der Waals surface area (Å²) in [5, 5.41) is 0. The molecule has 3 rings (SSSR count). The molecule has 3 aliphatic rings. The summed E-state index contributed by atoms with van der Waals surface area (Å²) in [5.74, 6) is 0.960. The van der Waals surface area contributed by atoms with Gasteiger partial charge in [0.25, 0.3) is 0 Å². The monoisotopic (exact) mass is 209 g/mol. The van der Waals surface area contributed by atoms with E-state index in [-0.39, 0.29) is 0 Å². The fourth-order valence-corrected chi connectivity index (χ4v) is 3.54. The minimum Gasteiger partial charge on any atom is -0.295 e. The molecule has 2 aliphatic heterocycles. The van der Waals surface area contributed by atoms with Gasteiger partial charge in [-0.05, 0) is 43.9 Å². The van der Waals surface area contributed by atoms with Crippen LogP contribution in [0.1, 0.15) is 60.3 Å². The van der Waals surface area contributed by atoms with Gasteiger partial charge in [-0.25, -0.2) is 0 Å². The third kappa shape index (κ3) is 1.95. The molecule has 3 unspecified atom stereocenters. The Balaban J connectivity index is 1.96. The van der Waals surface area contributed by atoms with Crippen LogP contribution in [0.15, 0.2) is 0 Å². The van der Waals surface area contributed by atoms with Gasteiger partial charge in [0, 0.05) is 18.1 Å². The van der Waals surface area contributed by atoms with Crippen LogP contribution < -0.4 is 0 Å². The predicted molar refractivity (Wildman–Crippen MR) is 66.0 cm³/mol.